The molecule has 0 spiro atoms. The number of imidazole rings is 2. The number of alkyl halides is 1. The third-order valence-electron chi connectivity index (χ3n) is 7.96. The van der Waals surface area contributed by atoms with Crippen LogP contribution in [-0.4, -0.2) is 103 Å². The van der Waals surface area contributed by atoms with E-state index in [0.717, 1.165) is 10.9 Å². The minimum Gasteiger partial charge on any atom is -0.388 e. The summed E-state index contributed by atoms with van der Waals surface area (Å²) in [5, 5.41) is 21.7. The Bertz CT molecular complexity index is 1910. The second kappa shape index (κ2) is 10.6. The van der Waals surface area contributed by atoms with Crippen LogP contribution in [0.5, 0.6) is 0 Å². The average molecular weight is 640 g/mol. The minimum atomic E-state index is -5.12. The van der Waals surface area contributed by atoms with Gasteiger partial charge in [0.15, 0.2) is 34.7 Å². The van der Waals surface area contributed by atoms with Crippen LogP contribution in [0.15, 0.2) is 34.9 Å². The highest BCUT2D eigenvalue weighted by molar-refractivity contribution is 7.47. The van der Waals surface area contributed by atoms with Gasteiger partial charge < -0.3 is 43.0 Å². The molecule has 6 heterocycles. The fraction of sp³-hybridized carbons (Fsp3) is 0.565. The van der Waals surface area contributed by atoms with Gasteiger partial charge in [0.2, 0.25) is 0 Å². The molecule has 2 bridgehead atoms. The van der Waals surface area contributed by atoms with E-state index in [4.69, 9.17) is 23.3 Å². The molecule has 2 saturated heterocycles. The fourth-order valence-electron chi connectivity index (χ4n) is 5.79. The van der Waals surface area contributed by atoms with Crippen LogP contribution in [0.1, 0.15) is 18.7 Å². The fourth-order valence-corrected chi connectivity index (χ4v) is 6.96. The zero-order valence-electron chi connectivity index (χ0n) is 22.9. The molecule has 3 N–H and O–H groups in total. The molecular weight excluding hydrogens is 614 g/mol. The quantitative estimate of drug-likeness (QED) is 0.209. The summed E-state index contributed by atoms with van der Waals surface area (Å²) in [6.07, 6.45) is -6.49. The first-order valence-corrected chi connectivity index (χ1v) is 14.8. The lowest BCUT2D eigenvalue weighted by Crippen LogP contribution is -2.41. The zero-order valence-corrected chi connectivity index (χ0v) is 23.8. The molecule has 21 heteroatoms. The average Bonchev–Trinajstić information content (AvgIpc) is 3.73. The molecule has 10 atom stereocenters. The van der Waals surface area contributed by atoms with Gasteiger partial charge in [-0.05, 0) is 0 Å². The van der Waals surface area contributed by atoms with Crippen molar-refractivity contribution in [1.82, 2.24) is 38.2 Å². The van der Waals surface area contributed by atoms with E-state index in [1.54, 1.807) is 0 Å². The second-order valence-corrected chi connectivity index (χ2v) is 12.1. The van der Waals surface area contributed by atoms with Gasteiger partial charge >= 0.3 is 7.82 Å². The molecule has 3 fully saturated rings. The molecule has 19 nitrogen and oxygen atoms in total. The molecule has 4 aromatic rings. The summed E-state index contributed by atoms with van der Waals surface area (Å²) in [7, 11) is -2.15. The number of hydrogen-bond donors (Lipinski definition) is 3. The van der Waals surface area contributed by atoms with E-state index in [2.05, 4.69) is 19.9 Å². The van der Waals surface area contributed by atoms with Crippen LogP contribution in [0.2, 0.25) is 0 Å². The number of ether oxygens (including phenoxy) is 3. The lowest BCUT2D eigenvalue weighted by molar-refractivity contribution is -0.303. The van der Waals surface area contributed by atoms with Crippen LogP contribution >= 0.6 is 7.82 Å². The molecule has 0 aromatic carbocycles. The number of aryl methyl sites for hydroxylation is 2. The van der Waals surface area contributed by atoms with Crippen LogP contribution in [0, 0.1) is 0 Å². The van der Waals surface area contributed by atoms with Gasteiger partial charge in [0, 0.05) is 20.5 Å². The Kier molecular flexibility index (Phi) is 7.03. The summed E-state index contributed by atoms with van der Waals surface area (Å²) in [6, 6.07) is -0.914. The highest BCUT2D eigenvalue weighted by atomic mass is 31.2. The van der Waals surface area contributed by atoms with Crippen LogP contribution < -0.4 is 11.1 Å². The molecule has 4 aromatic heterocycles. The van der Waals surface area contributed by atoms with Crippen LogP contribution in [0.25, 0.3) is 22.3 Å². The number of phosphoric ester groups is 1. The Hall–Kier alpha value is -3.46. The third kappa shape index (κ3) is 4.70. The molecule has 44 heavy (non-hydrogen) atoms. The number of nitrogens with zero attached hydrogens (tertiary/aromatic N) is 8. The smallest absolute Gasteiger partial charge is 0.388 e. The monoisotopic (exact) mass is 640 g/mol. The number of aliphatic hydroxyl groups excluding tert-OH is 2. The third-order valence-corrected chi connectivity index (χ3v) is 9.00. The number of halogens is 1. The minimum absolute atomic E-state index is 0.00312. The maximum absolute atomic E-state index is 15.9. The molecule has 1 aliphatic carbocycles. The molecule has 1 saturated carbocycles. The van der Waals surface area contributed by atoms with Crippen LogP contribution in [0.3, 0.4) is 0 Å². The van der Waals surface area contributed by atoms with Gasteiger partial charge in [0.25, 0.3) is 17.6 Å². The maximum Gasteiger partial charge on any atom is 0.473 e. The molecular formula is C23H26FN8O11P. The van der Waals surface area contributed by atoms with Gasteiger partial charge in [-0.3, -0.25) is 23.2 Å². The summed E-state index contributed by atoms with van der Waals surface area (Å²) in [5.41, 5.74) is -0.834. The molecule has 0 amide bonds. The molecule has 2 aliphatic heterocycles. The molecule has 2 unspecified atom stereocenters. The Labute approximate surface area is 244 Å². The predicted octanol–water partition coefficient (Wildman–Crippen LogP) is -1.62. The van der Waals surface area contributed by atoms with Gasteiger partial charge in [0.05, 0.1) is 38.0 Å². The maximum atomic E-state index is 15.9. The van der Waals surface area contributed by atoms with Crippen LogP contribution in [-0.2, 0) is 41.9 Å². The lowest BCUT2D eigenvalue weighted by atomic mass is 10.1. The number of aromatic nitrogens is 8. The van der Waals surface area contributed by atoms with Crippen molar-refractivity contribution < 1.29 is 47.3 Å². The van der Waals surface area contributed by atoms with Crippen LogP contribution in [0.4, 0.5) is 4.39 Å². The van der Waals surface area contributed by atoms with E-state index in [-0.39, 0.29) is 28.7 Å². The number of hydrogen-bond acceptors (Lipinski definition) is 14. The van der Waals surface area contributed by atoms with E-state index in [1.807, 2.05) is 0 Å². The first-order valence-electron chi connectivity index (χ1n) is 13.3. The number of rotatable bonds is 2. The topological polar surface area (TPSA) is 229 Å². The van der Waals surface area contributed by atoms with Gasteiger partial charge in [-0.1, -0.05) is 0 Å². The van der Waals surface area contributed by atoms with E-state index < -0.39 is 81.0 Å². The van der Waals surface area contributed by atoms with Crippen molar-refractivity contribution in [3.8, 4) is 0 Å². The second-order valence-electron chi connectivity index (χ2n) is 10.7. The Morgan fingerprint density at radius 3 is 2.14 bits per heavy atom. The van der Waals surface area contributed by atoms with Gasteiger partial charge in [0.1, 0.15) is 30.5 Å². The van der Waals surface area contributed by atoms with Gasteiger partial charge in [-0.2, -0.15) is 0 Å². The summed E-state index contributed by atoms with van der Waals surface area (Å²) in [4.78, 5) is 52.1. The molecule has 7 rings (SSSR count). The number of phosphoric acid groups is 1. The van der Waals surface area contributed by atoms with Crippen molar-refractivity contribution in [1.29, 1.82) is 0 Å². The Balaban J connectivity index is 1.19. The summed E-state index contributed by atoms with van der Waals surface area (Å²) in [6.45, 7) is -2.60. The van der Waals surface area contributed by atoms with Crippen molar-refractivity contribution in [2.45, 2.75) is 61.9 Å². The standard InChI is InChI=1S/C23H26FN8O11P/c1-29-5-27-18-13(20(29)34)25-7-31(18)9-3-10-15(33)16(9)41-23(36)39-4-11-17(43-44(37,38)42-10)12(24)22(40-11)32-8-26-14-19(32)28-6-30(2)21(14)35/h5-12,15-17,22-23,33,36H,3-4H2,1-2H3,(H,37,38)/t9-,10+,11-,12-,15-,16+,17-,22-,23?/m1/s1. The molecule has 236 valence electrons. The normalized spacial score (nSPS) is 36.4. The summed E-state index contributed by atoms with van der Waals surface area (Å²) in [5.74, 6) is 0. The van der Waals surface area contributed by atoms with Crippen molar-refractivity contribution in [3.63, 3.8) is 0 Å². The number of aliphatic hydroxyl groups is 2. The largest absolute Gasteiger partial charge is 0.473 e. The zero-order chi connectivity index (χ0) is 31.1. The summed E-state index contributed by atoms with van der Waals surface area (Å²) < 4.78 is 61.5. The van der Waals surface area contributed by atoms with Crippen molar-refractivity contribution in [2.24, 2.45) is 14.1 Å². The Morgan fingerprint density at radius 2 is 1.48 bits per heavy atom. The van der Waals surface area contributed by atoms with Crippen molar-refractivity contribution >= 4 is 30.2 Å². The molecule has 0 radical (unpaired) electrons. The lowest BCUT2D eigenvalue weighted by Gasteiger charge is -2.29. The number of fused-ring (bicyclic) bond motifs is 5. The van der Waals surface area contributed by atoms with Crippen molar-refractivity contribution in [2.75, 3.05) is 6.61 Å². The molecule has 3 aliphatic rings. The van der Waals surface area contributed by atoms with E-state index in [1.165, 1.54) is 46.8 Å². The summed E-state index contributed by atoms with van der Waals surface area (Å²) >= 11 is 0. The highest BCUT2D eigenvalue weighted by Crippen LogP contribution is 2.53. The van der Waals surface area contributed by atoms with Gasteiger partial charge in [-0.25, -0.2) is 28.9 Å². The van der Waals surface area contributed by atoms with Gasteiger partial charge in [-0.15, -0.1) is 0 Å². The van der Waals surface area contributed by atoms with E-state index in [0.29, 0.717) is 0 Å². The van der Waals surface area contributed by atoms with E-state index in [9.17, 15) is 29.3 Å². The predicted molar refractivity (Wildman–Crippen MR) is 140 cm³/mol. The SMILES string of the molecule is Cn1cnc2c(ncn2[C@@H]2C[C@@H]3OP(=O)(O)O[C@H]4[C@@H](F)[C@H](n5cnc6c(=O)n(C)cnc65)O[C@@H]4COC(O)O[C@@H]2[C@@H]3O)c1=O. The Morgan fingerprint density at radius 1 is 0.864 bits per heavy atom. The van der Waals surface area contributed by atoms with Crippen molar-refractivity contribution in [3.05, 3.63) is 46.0 Å². The first kappa shape index (κ1) is 29.3. The van der Waals surface area contributed by atoms with E-state index >= 15 is 4.39 Å². The highest BCUT2D eigenvalue weighted by Gasteiger charge is 2.54. The first-order chi connectivity index (χ1) is 20.9.